The highest BCUT2D eigenvalue weighted by atomic mass is 32.1. The van der Waals surface area contributed by atoms with Gasteiger partial charge in [0.05, 0.1) is 7.11 Å². The van der Waals surface area contributed by atoms with Crippen LogP contribution in [0, 0.1) is 0 Å². The summed E-state index contributed by atoms with van der Waals surface area (Å²) >= 11 is 1.34. The van der Waals surface area contributed by atoms with Crippen molar-refractivity contribution in [1.29, 1.82) is 0 Å². The number of nitrogens with one attached hydrogen (secondary N) is 1. The monoisotopic (exact) mass is 197 g/mol. The minimum Gasteiger partial charge on any atom is -0.473 e. The lowest BCUT2D eigenvalue weighted by Gasteiger charge is -1.88. The number of aromatic nitrogens is 2. The molecule has 2 aromatic rings. The molecule has 0 aliphatic rings. The van der Waals surface area contributed by atoms with E-state index in [2.05, 4.69) is 9.97 Å². The molecule has 0 saturated carbocycles. The number of nitrogens with zero attached hydrogens (tertiary/aromatic N) is 1. The van der Waals surface area contributed by atoms with Crippen molar-refractivity contribution >= 4 is 27.6 Å². The Balaban J connectivity index is 2.54. The van der Waals surface area contributed by atoms with Gasteiger partial charge in [-0.1, -0.05) is 11.3 Å². The van der Waals surface area contributed by atoms with Crippen LogP contribution in [0.1, 0.15) is 10.5 Å². The Morgan fingerprint density at radius 3 is 3.08 bits per heavy atom. The van der Waals surface area contributed by atoms with Crippen LogP contribution in [0.5, 0.6) is 5.19 Å². The highest BCUT2D eigenvalue weighted by Crippen LogP contribution is 2.27. The summed E-state index contributed by atoms with van der Waals surface area (Å²) < 4.78 is 4.93. The number of hydrogen-bond acceptors (Lipinski definition) is 4. The number of fused-ring (bicyclic) bond motifs is 1. The second-order valence-electron chi connectivity index (χ2n) is 2.45. The number of methoxy groups -OCH3 is 1. The Bertz CT molecular complexity index is 428. The van der Waals surface area contributed by atoms with Crippen molar-refractivity contribution in [3.63, 3.8) is 0 Å². The van der Waals surface area contributed by atoms with E-state index in [4.69, 9.17) is 10.5 Å². The van der Waals surface area contributed by atoms with Gasteiger partial charge in [0.2, 0.25) is 0 Å². The summed E-state index contributed by atoms with van der Waals surface area (Å²) in [5.74, 6) is -0.482. The first-order chi connectivity index (χ1) is 6.20. The quantitative estimate of drug-likeness (QED) is 0.744. The molecule has 0 aliphatic carbocycles. The number of rotatable bonds is 2. The first kappa shape index (κ1) is 8.06. The lowest BCUT2D eigenvalue weighted by atomic mass is 10.4. The molecule has 2 rings (SSSR count). The lowest BCUT2D eigenvalue weighted by molar-refractivity contribution is 0.0996. The van der Waals surface area contributed by atoms with Gasteiger partial charge in [0.25, 0.3) is 11.1 Å². The predicted molar refractivity (Wildman–Crippen MR) is 49.0 cm³/mol. The first-order valence-electron chi connectivity index (χ1n) is 3.54. The molecule has 0 aromatic carbocycles. The maximum atomic E-state index is 10.8. The van der Waals surface area contributed by atoms with Gasteiger partial charge in [-0.15, -0.1) is 0 Å². The molecule has 2 heterocycles. The van der Waals surface area contributed by atoms with E-state index in [1.54, 1.807) is 13.2 Å². The number of aromatic amines is 1. The van der Waals surface area contributed by atoms with E-state index in [1.165, 1.54) is 11.3 Å². The molecular weight excluding hydrogens is 190 g/mol. The van der Waals surface area contributed by atoms with Crippen molar-refractivity contribution < 1.29 is 9.53 Å². The number of hydrogen-bond donors (Lipinski definition) is 2. The summed E-state index contributed by atoms with van der Waals surface area (Å²) in [5, 5.41) is 0.567. The summed E-state index contributed by atoms with van der Waals surface area (Å²) in [6, 6.07) is 1.61. The SMILES string of the molecule is COc1nc2cc(C(N)=O)[nH]c2s1. The van der Waals surface area contributed by atoms with Gasteiger partial charge in [0.1, 0.15) is 16.0 Å². The average molecular weight is 197 g/mol. The first-order valence-corrected chi connectivity index (χ1v) is 4.35. The number of ether oxygens (including phenoxy) is 1. The zero-order valence-corrected chi connectivity index (χ0v) is 7.64. The van der Waals surface area contributed by atoms with Gasteiger partial charge in [0, 0.05) is 0 Å². The van der Waals surface area contributed by atoms with E-state index in [-0.39, 0.29) is 0 Å². The van der Waals surface area contributed by atoms with Crippen LogP contribution < -0.4 is 10.5 Å². The fourth-order valence-corrected chi connectivity index (χ4v) is 1.79. The molecule has 0 bridgehead atoms. The molecule has 0 atom stereocenters. The number of carbonyl (C=O) groups is 1. The van der Waals surface area contributed by atoms with Crippen molar-refractivity contribution in [2.45, 2.75) is 0 Å². The lowest BCUT2D eigenvalue weighted by Crippen LogP contribution is -2.10. The number of primary amides is 1. The number of carbonyl (C=O) groups excluding carboxylic acids is 1. The van der Waals surface area contributed by atoms with E-state index in [1.807, 2.05) is 0 Å². The molecule has 6 heteroatoms. The largest absolute Gasteiger partial charge is 0.473 e. The summed E-state index contributed by atoms with van der Waals surface area (Å²) in [7, 11) is 1.55. The van der Waals surface area contributed by atoms with Crippen molar-refractivity contribution in [2.24, 2.45) is 5.73 Å². The highest BCUT2D eigenvalue weighted by Gasteiger charge is 2.10. The Morgan fingerprint density at radius 2 is 2.54 bits per heavy atom. The molecule has 0 unspecified atom stereocenters. The number of nitrogens with two attached hydrogens (primary N) is 1. The third-order valence-electron chi connectivity index (χ3n) is 1.60. The molecular formula is C7H7N3O2S. The van der Waals surface area contributed by atoms with E-state index in [9.17, 15) is 4.79 Å². The van der Waals surface area contributed by atoms with Gasteiger partial charge >= 0.3 is 0 Å². The molecule has 0 saturated heterocycles. The zero-order chi connectivity index (χ0) is 9.42. The van der Waals surface area contributed by atoms with Gasteiger partial charge in [0.15, 0.2) is 0 Å². The minimum atomic E-state index is -0.482. The highest BCUT2D eigenvalue weighted by molar-refractivity contribution is 7.19. The van der Waals surface area contributed by atoms with Crippen LogP contribution >= 0.6 is 11.3 Å². The maximum Gasteiger partial charge on any atom is 0.275 e. The fourth-order valence-electron chi connectivity index (χ4n) is 1.01. The predicted octanol–water partition coefficient (Wildman–Crippen LogP) is 0.732. The van der Waals surface area contributed by atoms with Crippen LogP contribution in [0.15, 0.2) is 6.07 Å². The molecule has 0 radical (unpaired) electrons. The Morgan fingerprint density at radius 1 is 1.77 bits per heavy atom. The second kappa shape index (κ2) is 2.74. The Kier molecular flexibility index (Phi) is 1.70. The number of H-pyrrole nitrogens is 1. The number of thiazole rings is 1. The molecule has 2 aromatic heterocycles. The molecule has 1 amide bonds. The smallest absolute Gasteiger partial charge is 0.275 e. The normalized spacial score (nSPS) is 10.5. The van der Waals surface area contributed by atoms with E-state index >= 15 is 0 Å². The van der Waals surface area contributed by atoms with Crippen molar-refractivity contribution in [2.75, 3.05) is 7.11 Å². The van der Waals surface area contributed by atoms with Crippen LogP contribution in [-0.2, 0) is 0 Å². The fraction of sp³-hybridized carbons (Fsp3) is 0.143. The van der Waals surface area contributed by atoms with Crippen LogP contribution in [0.3, 0.4) is 0 Å². The van der Waals surface area contributed by atoms with E-state index in [0.717, 1.165) is 4.83 Å². The van der Waals surface area contributed by atoms with E-state index < -0.39 is 5.91 Å². The van der Waals surface area contributed by atoms with Crippen LogP contribution in [0.4, 0.5) is 0 Å². The molecule has 0 spiro atoms. The summed E-state index contributed by atoms with van der Waals surface area (Å²) in [6.45, 7) is 0. The average Bonchev–Trinajstić information content (AvgIpc) is 2.58. The number of amides is 1. The molecule has 13 heavy (non-hydrogen) atoms. The van der Waals surface area contributed by atoms with Crippen LogP contribution in [0.2, 0.25) is 0 Å². The third kappa shape index (κ3) is 1.25. The van der Waals surface area contributed by atoms with Gasteiger partial charge in [-0.05, 0) is 6.07 Å². The van der Waals surface area contributed by atoms with E-state index in [0.29, 0.717) is 16.4 Å². The summed E-state index contributed by atoms with van der Waals surface area (Å²) in [4.78, 5) is 18.5. The Labute approximate surface area is 77.5 Å². The van der Waals surface area contributed by atoms with Crippen molar-refractivity contribution in [3.05, 3.63) is 11.8 Å². The topological polar surface area (TPSA) is 81.0 Å². The van der Waals surface area contributed by atoms with Crippen LogP contribution in [0.25, 0.3) is 10.3 Å². The standard InChI is InChI=1S/C7H7N3O2S/c1-12-7-10-4-2-3(5(8)11)9-6(4)13-7/h2,9H,1H3,(H2,8,11). The van der Waals surface area contributed by atoms with Gasteiger partial charge in [-0.3, -0.25) is 4.79 Å². The second-order valence-corrected chi connectivity index (χ2v) is 3.41. The molecule has 0 fully saturated rings. The van der Waals surface area contributed by atoms with Crippen LogP contribution in [-0.4, -0.2) is 23.0 Å². The Hall–Kier alpha value is -1.56. The van der Waals surface area contributed by atoms with Gasteiger partial charge in [-0.2, -0.15) is 0 Å². The van der Waals surface area contributed by atoms with Crippen molar-refractivity contribution in [3.8, 4) is 5.19 Å². The molecule has 0 aliphatic heterocycles. The maximum absolute atomic E-state index is 10.8. The van der Waals surface area contributed by atoms with Gasteiger partial charge in [-0.25, -0.2) is 4.98 Å². The van der Waals surface area contributed by atoms with Gasteiger partial charge < -0.3 is 15.5 Å². The minimum absolute atomic E-state index is 0.372. The molecule has 3 N–H and O–H groups in total. The molecule has 68 valence electrons. The summed E-state index contributed by atoms with van der Waals surface area (Å²) in [6.07, 6.45) is 0. The summed E-state index contributed by atoms with van der Waals surface area (Å²) in [5.41, 5.74) is 6.16. The van der Waals surface area contributed by atoms with Crippen molar-refractivity contribution in [1.82, 2.24) is 9.97 Å². The third-order valence-corrected chi connectivity index (χ3v) is 2.55. The molecule has 5 nitrogen and oxygen atoms in total. The zero-order valence-electron chi connectivity index (χ0n) is 6.83.